The molecule has 0 spiro atoms. The Morgan fingerprint density at radius 2 is 1.96 bits per heavy atom. The fraction of sp³-hybridized carbons (Fsp3) is 0.588. The van der Waals surface area contributed by atoms with Crippen LogP contribution in [-0.4, -0.2) is 63.0 Å². The molecule has 122 valence electrons. The summed E-state index contributed by atoms with van der Waals surface area (Å²) in [5.41, 5.74) is 1.31. The number of nitrogens with zero attached hydrogens (tertiary/aromatic N) is 5. The molecule has 2 aliphatic rings. The van der Waals surface area contributed by atoms with E-state index in [9.17, 15) is 4.79 Å². The molecule has 0 N–H and O–H groups in total. The number of pyridine rings is 1. The van der Waals surface area contributed by atoms with E-state index in [4.69, 9.17) is 0 Å². The highest BCUT2D eigenvalue weighted by atomic mass is 16.2. The standard InChI is InChI=1S/C17H23N5O/c23-17(15-4-3-9-22-13-18-19-16(15)22)21-10-5-14(6-11-21)12-20-7-1-2-8-20/h3-4,9,13-14H,1-2,5-8,10-12H2. The first-order valence-electron chi connectivity index (χ1n) is 8.61. The fourth-order valence-corrected chi connectivity index (χ4v) is 3.84. The van der Waals surface area contributed by atoms with E-state index >= 15 is 0 Å². The van der Waals surface area contributed by atoms with Crippen molar-refractivity contribution in [1.29, 1.82) is 0 Å². The highest BCUT2D eigenvalue weighted by Crippen LogP contribution is 2.22. The van der Waals surface area contributed by atoms with E-state index in [1.165, 1.54) is 32.5 Å². The Morgan fingerprint density at radius 1 is 1.17 bits per heavy atom. The van der Waals surface area contributed by atoms with Crippen molar-refractivity contribution in [3.63, 3.8) is 0 Å². The van der Waals surface area contributed by atoms with Crippen molar-refractivity contribution in [3.05, 3.63) is 30.2 Å². The van der Waals surface area contributed by atoms with Gasteiger partial charge in [0.25, 0.3) is 5.91 Å². The summed E-state index contributed by atoms with van der Waals surface area (Å²) in [6.45, 7) is 5.43. The first kappa shape index (κ1) is 14.6. The predicted octanol–water partition coefficient (Wildman–Crippen LogP) is 1.68. The topological polar surface area (TPSA) is 53.7 Å². The predicted molar refractivity (Wildman–Crippen MR) is 87.3 cm³/mol. The van der Waals surface area contributed by atoms with Gasteiger partial charge in [-0.3, -0.25) is 9.20 Å². The van der Waals surface area contributed by atoms with Gasteiger partial charge >= 0.3 is 0 Å². The van der Waals surface area contributed by atoms with Gasteiger partial charge in [0, 0.05) is 25.8 Å². The number of aromatic nitrogens is 3. The van der Waals surface area contributed by atoms with Gasteiger partial charge in [-0.25, -0.2) is 0 Å². The van der Waals surface area contributed by atoms with Crippen LogP contribution < -0.4 is 0 Å². The number of rotatable bonds is 3. The lowest BCUT2D eigenvalue weighted by Crippen LogP contribution is -2.41. The summed E-state index contributed by atoms with van der Waals surface area (Å²) < 4.78 is 1.80. The molecule has 6 nitrogen and oxygen atoms in total. The van der Waals surface area contributed by atoms with Crippen LogP contribution in [0.3, 0.4) is 0 Å². The van der Waals surface area contributed by atoms with Gasteiger partial charge in [-0.15, -0.1) is 10.2 Å². The van der Waals surface area contributed by atoms with Crippen LogP contribution in [0, 0.1) is 5.92 Å². The summed E-state index contributed by atoms with van der Waals surface area (Å²) in [5, 5.41) is 7.97. The third-order valence-electron chi connectivity index (χ3n) is 5.17. The molecular formula is C17H23N5O. The Balaban J connectivity index is 1.40. The lowest BCUT2D eigenvalue weighted by Gasteiger charge is -2.34. The number of piperidine rings is 1. The summed E-state index contributed by atoms with van der Waals surface area (Å²) in [7, 11) is 0. The molecule has 0 aromatic carbocycles. The van der Waals surface area contributed by atoms with Gasteiger partial charge in [-0.1, -0.05) is 0 Å². The van der Waals surface area contributed by atoms with Gasteiger partial charge in [0.05, 0.1) is 5.56 Å². The average molecular weight is 313 g/mol. The van der Waals surface area contributed by atoms with Gasteiger partial charge in [0.2, 0.25) is 0 Å². The largest absolute Gasteiger partial charge is 0.339 e. The summed E-state index contributed by atoms with van der Waals surface area (Å²) in [4.78, 5) is 17.4. The lowest BCUT2D eigenvalue weighted by atomic mass is 9.96. The van der Waals surface area contributed by atoms with Crippen molar-refractivity contribution in [2.24, 2.45) is 5.92 Å². The zero-order valence-corrected chi connectivity index (χ0v) is 13.4. The van der Waals surface area contributed by atoms with E-state index in [0.717, 1.165) is 31.8 Å². The molecule has 0 bridgehead atoms. The number of fused-ring (bicyclic) bond motifs is 1. The van der Waals surface area contributed by atoms with E-state index in [-0.39, 0.29) is 5.91 Å². The minimum atomic E-state index is 0.0863. The first-order valence-corrected chi connectivity index (χ1v) is 8.61. The number of hydrogen-bond donors (Lipinski definition) is 0. The summed E-state index contributed by atoms with van der Waals surface area (Å²) in [6.07, 6.45) is 8.41. The molecule has 6 heteroatoms. The summed E-state index contributed by atoms with van der Waals surface area (Å²) in [6, 6.07) is 3.73. The van der Waals surface area contributed by atoms with Crippen molar-refractivity contribution in [1.82, 2.24) is 24.4 Å². The Bertz CT molecular complexity index is 683. The number of carbonyl (C=O) groups excluding carboxylic acids is 1. The van der Waals surface area contributed by atoms with Crippen LogP contribution >= 0.6 is 0 Å². The quantitative estimate of drug-likeness (QED) is 0.865. The zero-order valence-electron chi connectivity index (χ0n) is 13.4. The van der Waals surface area contributed by atoms with Gasteiger partial charge in [-0.05, 0) is 56.8 Å². The molecule has 2 aromatic rings. The maximum atomic E-state index is 12.8. The third-order valence-corrected chi connectivity index (χ3v) is 5.17. The SMILES string of the molecule is O=C(c1cccn2cnnc12)N1CCC(CN2CCCC2)CC1. The van der Waals surface area contributed by atoms with E-state index in [0.29, 0.717) is 11.2 Å². The van der Waals surface area contributed by atoms with Crippen LogP contribution in [0.4, 0.5) is 0 Å². The Labute approximate surface area is 136 Å². The van der Waals surface area contributed by atoms with Gasteiger partial charge in [0.15, 0.2) is 5.65 Å². The van der Waals surface area contributed by atoms with Gasteiger partial charge in [-0.2, -0.15) is 0 Å². The molecule has 0 radical (unpaired) electrons. The van der Waals surface area contributed by atoms with E-state index < -0.39 is 0 Å². The van der Waals surface area contributed by atoms with Crippen LogP contribution in [-0.2, 0) is 0 Å². The van der Waals surface area contributed by atoms with Crippen LogP contribution in [0.15, 0.2) is 24.7 Å². The van der Waals surface area contributed by atoms with Crippen LogP contribution in [0.2, 0.25) is 0 Å². The Morgan fingerprint density at radius 3 is 2.74 bits per heavy atom. The van der Waals surface area contributed by atoms with E-state index in [1.807, 2.05) is 23.2 Å². The van der Waals surface area contributed by atoms with Crippen LogP contribution in [0.25, 0.3) is 5.65 Å². The second kappa shape index (κ2) is 6.28. The van der Waals surface area contributed by atoms with Crippen molar-refractivity contribution < 1.29 is 4.79 Å². The molecule has 0 unspecified atom stereocenters. The normalized spacial score (nSPS) is 20.4. The van der Waals surface area contributed by atoms with Crippen molar-refractivity contribution >= 4 is 11.6 Å². The molecule has 23 heavy (non-hydrogen) atoms. The Kier molecular flexibility index (Phi) is 3.99. The number of hydrogen-bond acceptors (Lipinski definition) is 4. The van der Waals surface area contributed by atoms with Crippen LogP contribution in [0.5, 0.6) is 0 Å². The van der Waals surface area contributed by atoms with Gasteiger partial charge in [0.1, 0.15) is 6.33 Å². The maximum absolute atomic E-state index is 12.8. The first-order chi connectivity index (χ1) is 11.3. The molecule has 2 aromatic heterocycles. The van der Waals surface area contributed by atoms with Crippen molar-refractivity contribution in [2.45, 2.75) is 25.7 Å². The minimum absolute atomic E-state index is 0.0863. The monoisotopic (exact) mass is 313 g/mol. The highest BCUT2D eigenvalue weighted by molar-refractivity contribution is 5.99. The minimum Gasteiger partial charge on any atom is -0.339 e. The molecule has 4 rings (SSSR count). The molecular weight excluding hydrogens is 290 g/mol. The molecule has 2 saturated heterocycles. The number of carbonyl (C=O) groups is 1. The smallest absolute Gasteiger partial charge is 0.257 e. The third kappa shape index (κ3) is 2.95. The van der Waals surface area contributed by atoms with E-state index in [2.05, 4.69) is 15.1 Å². The summed E-state index contributed by atoms with van der Waals surface area (Å²) >= 11 is 0. The molecule has 1 amide bonds. The van der Waals surface area contributed by atoms with Gasteiger partial charge < -0.3 is 9.80 Å². The number of likely N-dealkylation sites (tertiary alicyclic amines) is 2. The molecule has 2 aliphatic heterocycles. The van der Waals surface area contributed by atoms with Crippen molar-refractivity contribution in [2.75, 3.05) is 32.7 Å². The van der Waals surface area contributed by atoms with Crippen molar-refractivity contribution in [3.8, 4) is 0 Å². The highest BCUT2D eigenvalue weighted by Gasteiger charge is 2.27. The molecule has 2 fully saturated rings. The second-order valence-corrected chi connectivity index (χ2v) is 6.73. The second-order valence-electron chi connectivity index (χ2n) is 6.73. The average Bonchev–Trinajstić information content (AvgIpc) is 3.25. The zero-order chi connectivity index (χ0) is 15.6. The molecule has 0 atom stereocenters. The molecule has 0 aliphatic carbocycles. The maximum Gasteiger partial charge on any atom is 0.257 e. The summed E-state index contributed by atoms with van der Waals surface area (Å²) in [5.74, 6) is 0.823. The van der Waals surface area contributed by atoms with Crippen LogP contribution in [0.1, 0.15) is 36.0 Å². The lowest BCUT2D eigenvalue weighted by molar-refractivity contribution is 0.0674. The Hall–Kier alpha value is -1.95. The number of amides is 1. The molecule has 4 heterocycles. The van der Waals surface area contributed by atoms with E-state index in [1.54, 1.807) is 10.7 Å². The fourth-order valence-electron chi connectivity index (χ4n) is 3.84. The molecule has 0 saturated carbocycles.